The second-order valence-electron chi connectivity index (χ2n) is 11.6. The molecule has 0 N–H and O–H groups in total. The highest BCUT2D eigenvalue weighted by Crippen LogP contribution is 2.41. The summed E-state index contributed by atoms with van der Waals surface area (Å²) in [5.41, 5.74) is -2.71. The summed E-state index contributed by atoms with van der Waals surface area (Å²) in [6.45, 7) is 6.37. The minimum atomic E-state index is -5.06. The number of anilines is 1. The van der Waals surface area contributed by atoms with E-state index in [1.165, 1.54) is 13.1 Å². The van der Waals surface area contributed by atoms with Gasteiger partial charge in [0.2, 0.25) is 5.69 Å². The van der Waals surface area contributed by atoms with Gasteiger partial charge in [0.25, 0.3) is 0 Å². The second kappa shape index (κ2) is 13.7. The Hall–Kier alpha value is -3.71. The Labute approximate surface area is 257 Å². The number of cyclic esters (lactones) is 1. The molecule has 1 aromatic carbocycles. The average molecular weight is 646 g/mol. The maximum absolute atomic E-state index is 13.5. The third-order valence-corrected chi connectivity index (χ3v) is 8.62. The van der Waals surface area contributed by atoms with Crippen LogP contribution in [0.5, 0.6) is 0 Å². The van der Waals surface area contributed by atoms with Gasteiger partial charge in [-0.15, -0.1) is 0 Å². The van der Waals surface area contributed by atoms with Crippen molar-refractivity contribution in [3.05, 3.63) is 64.1 Å². The summed E-state index contributed by atoms with van der Waals surface area (Å²) >= 11 is 0. The molecule has 2 heterocycles. The Morgan fingerprint density at radius 3 is 2.20 bits per heavy atom. The SMILES string of the molecule is CCOC(=O)CC1CCC(CN(CC)c2ccc[n+]([O-])c2CN2C(=O)O[C@H](c3cc(C(F)(F)F)cc(C(F)(F)F)c3)[C@@H]2C)CC1. The van der Waals surface area contributed by atoms with E-state index < -0.39 is 47.3 Å². The van der Waals surface area contributed by atoms with Crippen LogP contribution in [0.15, 0.2) is 36.5 Å². The van der Waals surface area contributed by atoms with Crippen LogP contribution in [-0.2, 0) is 33.2 Å². The van der Waals surface area contributed by atoms with E-state index in [0.717, 1.165) is 30.6 Å². The Morgan fingerprint density at radius 1 is 1.04 bits per heavy atom. The molecule has 248 valence electrons. The topological polar surface area (TPSA) is 86.0 Å². The van der Waals surface area contributed by atoms with E-state index in [0.29, 0.717) is 54.6 Å². The fraction of sp³-hybridized carbons (Fsp3) is 0.581. The molecule has 1 aliphatic carbocycles. The molecule has 2 fully saturated rings. The number of benzene rings is 1. The van der Waals surface area contributed by atoms with Crippen LogP contribution in [0, 0.1) is 17.0 Å². The molecule has 8 nitrogen and oxygen atoms in total. The van der Waals surface area contributed by atoms with E-state index in [1.807, 2.05) is 11.8 Å². The van der Waals surface area contributed by atoms with Gasteiger partial charge in [-0.3, -0.25) is 9.69 Å². The Kier molecular flexibility index (Phi) is 10.4. The number of pyridine rings is 1. The van der Waals surface area contributed by atoms with E-state index in [1.54, 1.807) is 19.1 Å². The Morgan fingerprint density at radius 2 is 1.64 bits per heavy atom. The first-order valence-electron chi connectivity index (χ1n) is 15.0. The first-order valence-corrected chi connectivity index (χ1v) is 15.0. The molecule has 1 amide bonds. The van der Waals surface area contributed by atoms with Crippen LogP contribution in [0.1, 0.15) is 81.4 Å². The van der Waals surface area contributed by atoms with E-state index >= 15 is 0 Å². The lowest BCUT2D eigenvalue weighted by Gasteiger charge is -2.33. The second-order valence-corrected chi connectivity index (χ2v) is 11.6. The van der Waals surface area contributed by atoms with Crippen molar-refractivity contribution in [2.45, 2.75) is 83.9 Å². The lowest BCUT2D eigenvalue weighted by Crippen LogP contribution is -2.42. The number of ether oxygens (including phenoxy) is 2. The number of nitrogens with zero attached hydrogens (tertiary/aromatic N) is 3. The summed E-state index contributed by atoms with van der Waals surface area (Å²) in [4.78, 5) is 28.0. The van der Waals surface area contributed by atoms with Gasteiger partial charge in [-0.05, 0) is 88.1 Å². The number of aromatic nitrogens is 1. The lowest BCUT2D eigenvalue weighted by atomic mass is 9.80. The summed E-state index contributed by atoms with van der Waals surface area (Å²) in [5, 5.41) is 13.0. The molecule has 1 aromatic heterocycles. The van der Waals surface area contributed by atoms with Crippen LogP contribution in [0.2, 0.25) is 0 Å². The molecular weight excluding hydrogens is 608 g/mol. The van der Waals surface area contributed by atoms with Crippen molar-refractivity contribution in [3.63, 3.8) is 0 Å². The zero-order chi connectivity index (χ0) is 33.1. The fourth-order valence-electron chi connectivity index (χ4n) is 6.20. The summed E-state index contributed by atoms with van der Waals surface area (Å²) in [6, 6.07) is 3.45. The molecule has 1 aliphatic heterocycles. The van der Waals surface area contributed by atoms with E-state index in [-0.39, 0.29) is 30.2 Å². The van der Waals surface area contributed by atoms with Gasteiger partial charge in [-0.2, -0.15) is 31.1 Å². The van der Waals surface area contributed by atoms with Crippen molar-refractivity contribution in [2.24, 2.45) is 11.8 Å². The van der Waals surface area contributed by atoms with Crippen molar-refractivity contribution in [1.82, 2.24) is 4.90 Å². The quantitative estimate of drug-likeness (QED) is 0.119. The number of amides is 1. The molecular formula is C31H37F6N3O5. The lowest BCUT2D eigenvalue weighted by molar-refractivity contribution is -0.614. The van der Waals surface area contributed by atoms with Crippen LogP contribution in [0.25, 0.3) is 0 Å². The summed E-state index contributed by atoms with van der Waals surface area (Å²) < 4.78 is 91.9. The van der Waals surface area contributed by atoms with Gasteiger partial charge >= 0.3 is 24.4 Å². The third kappa shape index (κ3) is 8.12. The Bertz CT molecular complexity index is 1330. The minimum absolute atomic E-state index is 0.0193. The first-order chi connectivity index (χ1) is 21.1. The predicted octanol–water partition coefficient (Wildman–Crippen LogP) is 7.03. The number of esters is 1. The largest absolute Gasteiger partial charge is 0.618 e. The van der Waals surface area contributed by atoms with E-state index in [4.69, 9.17) is 9.47 Å². The van der Waals surface area contributed by atoms with Crippen LogP contribution >= 0.6 is 0 Å². The number of hydrogen-bond donors (Lipinski definition) is 0. The maximum atomic E-state index is 13.5. The average Bonchev–Trinajstić information content (AvgIpc) is 3.25. The molecule has 0 bridgehead atoms. The van der Waals surface area contributed by atoms with Crippen molar-refractivity contribution in [3.8, 4) is 0 Å². The zero-order valence-corrected chi connectivity index (χ0v) is 25.3. The smallest absolute Gasteiger partial charge is 0.416 e. The Balaban J connectivity index is 1.52. The molecule has 45 heavy (non-hydrogen) atoms. The highest BCUT2D eigenvalue weighted by atomic mass is 19.4. The van der Waals surface area contributed by atoms with Crippen molar-refractivity contribution in [2.75, 3.05) is 24.6 Å². The van der Waals surface area contributed by atoms with Crippen LogP contribution in [-0.4, -0.2) is 42.7 Å². The van der Waals surface area contributed by atoms with Gasteiger partial charge in [0, 0.05) is 25.6 Å². The van der Waals surface area contributed by atoms with Crippen molar-refractivity contribution < 1.29 is 50.1 Å². The number of carbonyl (C=O) groups excluding carboxylic acids is 2. The molecule has 1 saturated heterocycles. The molecule has 2 aromatic rings. The molecule has 0 spiro atoms. The minimum Gasteiger partial charge on any atom is -0.618 e. The van der Waals surface area contributed by atoms with Gasteiger partial charge in [0.15, 0.2) is 6.20 Å². The van der Waals surface area contributed by atoms with E-state index in [2.05, 4.69) is 0 Å². The maximum Gasteiger partial charge on any atom is 0.416 e. The van der Waals surface area contributed by atoms with Crippen molar-refractivity contribution in [1.29, 1.82) is 0 Å². The predicted molar refractivity (Wildman–Crippen MR) is 151 cm³/mol. The zero-order valence-electron chi connectivity index (χ0n) is 25.3. The fourth-order valence-corrected chi connectivity index (χ4v) is 6.20. The summed E-state index contributed by atoms with van der Waals surface area (Å²) in [5.74, 6) is 0.349. The number of carbonyl (C=O) groups is 2. The van der Waals surface area contributed by atoms with Crippen LogP contribution in [0.3, 0.4) is 0 Å². The number of rotatable bonds is 10. The molecule has 2 aliphatic rings. The summed E-state index contributed by atoms with van der Waals surface area (Å²) in [6.07, 6.45) is -7.35. The van der Waals surface area contributed by atoms with Gasteiger partial charge in [0.05, 0.1) is 23.8 Å². The molecule has 1 saturated carbocycles. The summed E-state index contributed by atoms with van der Waals surface area (Å²) in [7, 11) is 0. The molecule has 0 unspecified atom stereocenters. The number of hydrogen-bond acceptors (Lipinski definition) is 6. The van der Waals surface area contributed by atoms with Gasteiger partial charge in [-0.25, -0.2) is 4.79 Å². The van der Waals surface area contributed by atoms with Gasteiger partial charge < -0.3 is 19.6 Å². The molecule has 4 rings (SSSR count). The molecule has 2 atom stereocenters. The number of halogens is 6. The van der Waals surface area contributed by atoms with Crippen LogP contribution in [0.4, 0.5) is 36.8 Å². The van der Waals surface area contributed by atoms with Gasteiger partial charge in [0.1, 0.15) is 18.3 Å². The highest BCUT2D eigenvalue weighted by molar-refractivity contribution is 5.71. The highest BCUT2D eigenvalue weighted by Gasteiger charge is 2.44. The molecule has 14 heteroatoms. The first kappa shape index (κ1) is 34.2. The van der Waals surface area contributed by atoms with Crippen molar-refractivity contribution >= 4 is 17.7 Å². The van der Waals surface area contributed by atoms with Crippen LogP contribution < -0.4 is 9.63 Å². The monoisotopic (exact) mass is 645 g/mol. The normalized spacial score (nSPS) is 22.3. The molecule has 0 radical (unpaired) electrons. The number of alkyl halides is 6. The van der Waals surface area contributed by atoms with Gasteiger partial charge in [-0.1, -0.05) is 0 Å². The third-order valence-electron chi connectivity index (χ3n) is 8.62. The standard InChI is InChI=1S/C31H37F6N3O5/c1-4-38(17-21-10-8-20(9-11-21)13-27(41)44-5-2)25-7-6-12-40(43)26(25)18-39-19(3)28(45-29(39)42)22-14-23(30(32,33)34)16-24(15-22)31(35,36)37/h6-7,12,14-16,19-21,28H,4-5,8-11,13,17-18H2,1-3H3/t19-,20?,21?,28-/m0/s1. The van der Waals surface area contributed by atoms with E-state index in [9.17, 15) is 41.1 Å².